The second-order valence-corrected chi connectivity index (χ2v) is 13.9. The van der Waals surface area contributed by atoms with Crippen LogP contribution in [0.3, 0.4) is 0 Å². The van der Waals surface area contributed by atoms with Crippen LogP contribution in [0.1, 0.15) is 46.4 Å². The molecule has 0 saturated carbocycles. The maximum Gasteiger partial charge on any atom is 0.127 e. The molecule has 292 valence electrons. The zero-order chi connectivity index (χ0) is 39.0. The molecule has 0 amide bonds. The van der Waals surface area contributed by atoms with Crippen LogP contribution in [0.5, 0.6) is 11.5 Å². The third kappa shape index (κ3) is 11.4. The number of benzene rings is 5. The molecule has 1 aliphatic heterocycles. The summed E-state index contributed by atoms with van der Waals surface area (Å²) in [6.07, 6.45) is 0.948. The highest BCUT2D eigenvalue weighted by atomic mass is 35.5. The van der Waals surface area contributed by atoms with Crippen molar-refractivity contribution in [2.75, 3.05) is 26.4 Å². The fourth-order valence-electron chi connectivity index (χ4n) is 6.78. The number of rotatable bonds is 21. The Bertz CT molecular complexity index is 1920. The molecule has 0 aromatic heterocycles. The molecule has 0 spiro atoms. The summed E-state index contributed by atoms with van der Waals surface area (Å²) in [4.78, 5) is 0. The summed E-state index contributed by atoms with van der Waals surface area (Å²) < 4.78 is 46.0. The first-order valence-electron chi connectivity index (χ1n) is 19.1. The molecule has 6 rings (SSSR count). The van der Waals surface area contributed by atoms with Crippen LogP contribution < -0.4 is 9.47 Å². The minimum Gasteiger partial charge on any atom is -0.494 e. The van der Waals surface area contributed by atoms with E-state index in [4.69, 9.17) is 44.8 Å². The summed E-state index contributed by atoms with van der Waals surface area (Å²) in [7, 11) is 0. The van der Waals surface area contributed by atoms with E-state index in [-0.39, 0.29) is 13.2 Å². The molecule has 5 unspecified atom stereocenters. The minimum atomic E-state index is -0.676. The molecule has 0 aliphatic carbocycles. The van der Waals surface area contributed by atoms with Crippen molar-refractivity contribution in [1.82, 2.24) is 0 Å². The molecule has 5 atom stereocenters. The van der Waals surface area contributed by atoms with Gasteiger partial charge in [-0.3, -0.25) is 0 Å². The van der Waals surface area contributed by atoms with Gasteiger partial charge >= 0.3 is 0 Å². The number of ether oxygens (including phenoxy) is 7. The van der Waals surface area contributed by atoms with Crippen molar-refractivity contribution in [2.24, 2.45) is 0 Å². The van der Waals surface area contributed by atoms with E-state index in [0.29, 0.717) is 50.2 Å². The maximum absolute atomic E-state index is 7.16. The molecule has 5 aromatic carbocycles. The lowest BCUT2D eigenvalue weighted by Gasteiger charge is -2.46. The lowest BCUT2D eigenvalue weighted by atomic mass is 9.88. The van der Waals surface area contributed by atoms with Crippen LogP contribution >= 0.6 is 11.6 Å². The third-order valence-corrected chi connectivity index (χ3v) is 9.83. The summed E-state index contributed by atoms with van der Waals surface area (Å²) in [6, 6.07) is 42.3. The zero-order valence-corrected chi connectivity index (χ0v) is 32.7. The van der Waals surface area contributed by atoms with Crippen LogP contribution in [0.15, 0.2) is 153 Å². The number of halogens is 1. The summed E-state index contributed by atoms with van der Waals surface area (Å²) in [6.45, 7) is 12.2. The zero-order valence-electron chi connectivity index (χ0n) is 32.0. The lowest BCUT2D eigenvalue weighted by Crippen LogP contribution is -2.58. The van der Waals surface area contributed by atoms with E-state index in [1.54, 1.807) is 12.2 Å². The Morgan fingerprint density at radius 3 is 1.73 bits per heavy atom. The molecule has 1 saturated heterocycles. The van der Waals surface area contributed by atoms with Gasteiger partial charge in [-0.05, 0) is 65.4 Å². The van der Waals surface area contributed by atoms with Gasteiger partial charge in [0.15, 0.2) is 0 Å². The highest BCUT2D eigenvalue weighted by molar-refractivity contribution is 6.31. The smallest absolute Gasteiger partial charge is 0.127 e. The van der Waals surface area contributed by atoms with Gasteiger partial charge in [0.25, 0.3) is 0 Å². The van der Waals surface area contributed by atoms with Gasteiger partial charge in [0.05, 0.1) is 39.6 Å². The van der Waals surface area contributed by atoms with Crippen LogP contribution in [0.4, 0.5) is 0 Å². The van der Waals surface area contributed by atoms with E-state index in [1.807, 2.05) is 104 Å². The molecule has 0 bridgehead atoms. The Hall–Kier alpha value is -4.73. The second kappa shape index (κ2) is 21.5. The Balaban J connectivity index is 1.44. The van der Waals surface area contributed by atoms with Gasteiger partial charge in [0, 0.05) is 10.6 Å². The van der Waals surface area contributed by atoms with Crippen molar-refractivity contribution in [2.45, 2.75) is 63.7 Å². The van der Waals surface area contributed by atoms with Gasteiger partial charge in [-0.15, -0.1) is 6.58 Å². The Labute approximate surface area is 336 Å². The second-order valence-electron chi connectivity index (χ2n) is 13.5. The molecule has 8 heteroatoms. The maximum atomic E-state index is 7.16. The number of hydrogen-bond donors (Lipinski definition) is 0. The molecule has 1 heterocycles. The average molecular weight is 775 g/mol. The van der Waals surface area contributed by atoms with E-state index in [1.165, 1.54) is 0 Å². The predicted octanol–water partition coefficient (Wildman–Crippen LogP) is 10.3. The Morgan fingerprint density at radius 1 is 0.625 bits per heavy atom. The van der Waals surface area contributed by atoms with Crippen LogP contribution in [-0.2, 0) is 49.9 Å². The van der Waals surface area contributed by atoms with Gasteiger partial charge in [-0.1, -0.05) is 133 Å². The monoisotopic (exact) mass is 774 g/mol. The van der Waals surface area contributed by atoms with Crippen molar-refractivity contribution in [1.29, 1.82) is 0 Å². The SMILES string of the molecule is C=CCOCC1OC(c2cc(Cc3ccc(OCC)cc3)c(Cl)cc2OCC=C)C(OCc2ccccc2)C(OCc2ccccc2)C1OCc1ccccc1. The first-order valence-corrected chi connectivity index (χ1v) is 19.5. The summed E-state index contributed by atoms with van der Waals surface area (Å²) >= 11 is 7.03. The molecular weight excluding hydrogens is 724 g/mol. The van der Waals surface area contributed by atoms with E-state index in [0.717, 1.165) is 39.1 Å². The van der Waals surface area contributed by atoms with E-state index in [2.05, 4.69) is 43.5 Å². The van der Waals surface area contributed by atoms with Crippen LogP contribution in [0, 0.1) is 0 Å². The summed E-state index contributed by atoms with van der Waals surface area (Å²) in [5, 5.41) is 0.575. The Morgan fingerprint density at radius 2 is 1.18 bits per heavy atom. The first kappa shape index (κ1) is 40.9. The largest absolute Gasteiger partial charge is 0.494 e. The molecule has 56 heavy (non-hydrogen) atoms. The lowest BCUT2D eigenvalue weighted by molar-refractivity contribution is -0.274. The van der Waals surface area contributed by atoms with Crippen molar-refractivity contribution in [3.63, 3.8) is 0 Å². The molecule has 0 radical (unpaired) electrons. The van der Waals surface area contributed by atoms with Crippen molar-refractivity contribution in [3.8, 4) is 11.5 Å². The fraction of sp³-hybridized carbons (Fsp3) is 0.292. The van der Waals surface area contributed by atoms with Gasteiger partial charge in [0.2, 0.25) is 0 Å². The van der Waals surface area contributed by atoms with E-state index >= 15 is 0 Å². The predicted molar refractivity (Wildman–Crippen MR) is 221 cm³/mol. The highest BCUT2D eigenvalue weighted by Gasteiger charge is 2.50. The number of hydrogen-bond acceptors (Lipinski definition) is 7. The van der Waals surface area contributed by atoms with Crippen molar-refractivity contribution in [3.05, 3.63) is 191 Å². The van der Waals surface area contributed by atoms with Crippen molar-refractivity contribution < 1.29 is 33.2 Å². The third-order valence-electron chi connectivity index (χ3n) is 9.48. The normalized spacial score (nSPS) is 19.3. The van der Waals surface area contributed by atoms with Crippen LogP contribution in [0.2, 0.25) is 5.02 Å². The van der Waals surface area contributed by atoms with E-state index < -0.39 is 30.5 Å². The fourth-order valence-corrected chi connectivity index (χ4v) is 7.00. The van der Waals surface area contributed by atoms with Gasteiger partial charge in [-0.25, -0.2) is 0 Å². The summed E-state index contributed by atoms with van der Waals surface area (Å²) in [5.41, 5.74) is 5.83. The summed E-state index contributed by atoms with van der Waals surface area (Å²) in [5.74, 6) is 1.39. The molecule has 5 aromatic rings. The topological polar surface area (TPSA) is 64.6 Å². The molecular formula is C48H51ClO7. The standard InChI is InChI=1S/C48H51ClO7/c1-4-26-50-34-44-46(53-31-36-16-10-7-11-17-36)48(55-33-38-20-14-9-15-21-38)47(54-32-37-18-12-8-13-19-37)45(56-44)41-29-39(42(49)30-43(41)52-27-5-2)28-35-22-24-40(25-23-35)51-6-3/h4-5,7-25,29-30,44-48H,1-2,6,26-28,31-34H2,3H3. The molecule has 1 fully saturated rings. The highest BCUT2D eigenvalue weighted by Crippen LogP contribution is 2.43. The van der Waals surface area contributed by atoms with Gasteiger partial charge < -0.3 is 33.2 Å². The Kier molecular flexibility index (Phi) is 15.7. The van der Waals surface area contributed by atoms with Gasteiger partial charge in [0.1, 0.15) is 48.6 Å². The van der Waals surface area contributed by atoms with Crippen LogP contribution in [0.25, 0.3) is 0 Å². The van der Waals surface area contributed by atoms with Gasteiger partial charge in [-0.2, -0.15) is 0 Å². The van der Waals surface area contributed by atoms with Crippen LogP contribution in [-0.4, -0.2) is 50.8 Å². The molecule has 0 N–H and O–H groups in total. The molecule has 1 aliphatic rings. The minimum absolute atomic E-state index is 0.230. The molecule has 7 nitrogen and oxygen atoms in total. The van der Waals surface area contributed by atoms with E-state index in [9.17, 15) is 0 Å². The first-order chi connectivity index (χ1) is 27.6. The van der Waals surface area contributed by atoms with Crippen molar-refractivity contribution >= 4 is 11.6 Å². The quantitative estimate of drug-likeness (QED) is 0.0543. The average Bonchev–Trinajstić information content (AvgIpc) is 3.23.